The van der Waals surface area contributed by atoms with Crippen LogP contribution in [-0.4, -0.2) is 27.5 Å². The Balaban J connectivity index is 2.13. The van der Waals surface area contributed by atoms with E-state index in [4.69, 9.17) is 11.6 Å². The first kappa shape index (κ1) is 14.9. The van der Waals surface area contributed by atoms with Crippen LogP contribution in [0.15, 0.2) is 6.33 Å². The van der Waals surface area contributed by atoms with Gasteiger partial charge < -0.3 is 5.32 Å². The van der Waals surface area contributed by atoms with Crippen molar-refractivity contribution in [3.8, 4) is 0 Å². The number of anilines is 1. The van der Waals surface area contributed by atoms with Crippen LogP contribution in [0.1, 0.15) is 51.0 Å². The minimum Gasteiger partial charge on any atom is -0.368 e. The van der Waals surface area contributed by atoms with E-state index in [1.807, 2.05) is 11.8 Å². The summed E-state index contributed by atoms with van der Waals surface area (Å²) in [6.45, 7) is 5.20. The second-order valence-corrected chi connectivity index (χ2v) is 7.16. The summed E-state index contributed by atoms with van der Waals surface area (Å²) in [6.07, 6.45) is 9.00. The molecule has 1 saturated carbocycles. The number of hydrogen-bond donors (Lipinski definition) is 1. The monoisotopic (exact) mass is 299 g/mol. The lowest BCUT2D eigenvalue weighted by atomic mass is 10.0. The smallest absolute Gasteiger partial charge is 0.138 e. The molecule has 1 fully saturated rings. The summed E-state index contributed by atoms with van der Waals surface area (Å²) in [5, 5.41) is 4.08. The normalized spacial score (nSPS) is 17.9. The van der Waals surface area contributed by atoms with Crippen LogP contribution in [0, 0.1) is 0 Å². The molecule has 5 heteroatoms. The quantitative estimate of drug-likeness (QED) is 0.821. The molecule has 1 aliphatic carbocycles. The van der Waals surface area contributed by atoms with Gasteiger partial charge in [0.2, 0.25) is 0 Å². The zero-order valence-corrected chi connectivity index (χ0v) is 13.4. The highest BCUT2D eigenvalue weighted by Crippen LogP contribution is 2.40. The number of halogens is 1. The Labute approximate surface area is 124 Å². The zero-order chi connectivity index (χ0) is 13.9. The molecule has 1 N–H and O–H groups in total. The molecule has 1 aliphatic rings. The van der Waals surface area contributed by atoms with Crippen molar-refractivity contribution >= 4 is 29.2 Å². The van der Waals surface area contributed by atoms with Gasteiger partial charge in [0, 0.05) is 16.9 Å². The average molecular weight is 300 g/mol. The number of thioether (sulfide) groups is 1. The number of nitrogens with zero attached hydrogens (tertiary/aromatic N) is 2. The lowest BCUT2D eigenvalue weighted by molar-refractivity contribution is 0.637. The molecule has 1 heterocycles. The van der Waals surface area contributed by atoms with Crippen LogP contribution in [0.4, 0.5) is 5.82 Å². The van der Waals surface area contributed by atoms with Gasteiger partial charge in [-0.3, -0.25) is 0 Å². The third kappa shape index (κ3) is 3.34. The molecule has 0 atom stereocenters. The second kappa shape index (κ2) is 6.31. The number of hydrogen-bond acceptors (Lipinski definition) is 4. The third-order valence-electron chi connectivity index (χ3n) is 3.94. The minimum atomic E-state index is 0.324. The molecule has 0 amide bonds. The van der Waals surface area contributed by atoms with Gasteiger partial charge in [0.25, 0.3) is 0 Å². The van der Waals surface area contributed by atoms with E-state index in [0.29, 0.717) is 15.8 Å². The highest BCUT2D eigenvalue weighted by Gasteiger charge is 2.33. The molecule has 3 nitrogen and oxygen atoms in total. The Morgan fingerprint density at radius 2 is 2.05 bits per heavy atom. The first-order valence-electron chi connectivity index (χ1n) is 6.87. The van der Waals surface area contributed by atoms with E-state index < -0.39 is 0 Å². The Hall–Kier alpha value is -0.480. The Bertz CT molecular complexity index is 431. The number of rotatable bonds is 5. The molecule has 0 aromatic carbocycles. The predicted octanol–water partition coefficient (Wildman–Crippen LogP) is 4.34. The molecule has 0 saturated heterocycles. The van der Waals surface area contributed by atoms with Gasteiger partial charge in [0.05, 0.1) is 0 Å². The van der Waals surface area contributed by atoms with Gasteiger partial charge in [-0.05, 0) is 25.0 Å². The summed E-state index contributed by atoms with van der Waals surface area (Å²) >= 11 is 8.17. The van der Waals surface area contributed by atoms with E-state index in [-0.39, 0.29) is 0 Å². The van der Waals surface area contributed by atoms with E-state index in [0.717, 1.165) is 17.9 Å². The van der Waals surface area contributed by atoms with Crippen molar-refractivity contribution in [1.82, 2.24) is 9.97 Å². The molecule has 2 rings (SSSR count). The Morgan fingerprint density at radius 1 is 1.37 bits per heavy atom. The largest absolute Gasteiger partial charge is 0.368 e. The molecule has 0 spiro atoms. The summed E-state index contributed by atoms with van der Waals surface area (Å²) in [5.41, 5.74) is 1.03. The van der Waals surface area contributed by atoms with Crippen molar-refractivity contribution in [2.75, 3.05) is 18.1 Å². The van der Waals surface area contributed by atoms with Crippen LogP contribution in [-0.2, 0) is 0 Å². The molecule has 19 heavy (non-hydrogen) atoms. The van der Waals surface area contributed by atoms with Crippen LogP contribution in [0.25, 0.3) is 0 Å². The molecular formula is C14H22ClN3S. The van der Waals surface area contributed by atoms with Crippen LogP contribution < -0.4 is 5.32 Å². The molecule has 1 aromatic heterocycles. The summed E-state index contributed by atoms with van der Waals surface area (Å²) < 4.78 is 0.367. The summed E-state index contributed by atoms with van der Waals surface area (Å²) in [5.74, 6) is 1.22. The van der Waals surface area contributed by atoms with E-state index >= 15 is 0 Å². The fraction of sp³-hybridized carbons (Fsp3) is 0.714. The molecule has 0 unspecified atom stereocenters. The molecular weight excluding hydrogens is 278 g/mol. The molecule has 0 aliphatic heterocycles. The van der Waals surface area contributed by atoms with E-state index in [1.165, 1.54) is 32.0 Å². The summed E-state index contributed by atoms with van der Waals surface area (Å²) in [4.78, 5) is 8.46. The van der Waals surface area contributed by atoms with Gasteiger partial charge in [0.1, 0.15) is 17.3 Å². The fourth-order valence-corrected chi connectivity index (χ4v) is 4.01. The molecule has 106 valence electrons. The van der Waals surface area contributed by atoms with Gasteiger partial charge in [-0.1, -0.05) is 38.3 Å². The number of aromatic nitrogens is 2. The molecule has 0 bridgehead atoms. The average Bonchev–Trinajstić information content (AvgIpc) is 2.85. The van der Waals surface area contributed by atoms with Gasteiger partial charge >= 0.3 is 0 Å². The summed E-state index contributed by atoms with van der Waals surface area (Å²) in [7, 11) is 0. The van der Waals surface area contributed by atoms with Crippen molar-refractivity contribution in [1.29, 1.82) is 0 Å². The maximum Gasteiger partial charge on any atom is 0.138 e. The topological polar surface area (TPSA) is 37.8 Å². The zero-order valence-electron chi connectivity index (χ0n) is 11.9. The highest BCUT2D eigenvalue weighted by molar-refractivity contribution is 8.00. The van der Waals surface area contributed by atoms with Crippen molar-refractivity contribution in [2.45, 2.75) is 50.2 Å². The molecule has 0 radical (unpaired) electrons. The van der Waals surface area contributed by atoms with Crippen molar-refractivity contribution in [3.63, 3.8) is 0 Å². The van der Waals surface area contributed by atoms with Gasteiger partial charge in [0.15, 0.2) is 0 Å². The lowest BCUT2D eigenvalue weighted by Crippen LogP contribution is -2.30. The van der Waals surface area contributed by atoms with Crippen LogP contribution in [0.3, 0.4) is 0 Å². The van der Waals surface area contributed by atoms with E-state index in [2.05, 4.69) is 35.4 Å². The van der Waals surface area contributed by atoms with Crippen LogP contribution in [0.5, 0.6) is 0 Å². The van der Waals surface area contributed by atoms with E-state index in [1.54, 1.807) is 0 Å². The van der Waals surface area contributed by atoms with Gasteiger partial charge in [-0.25, -0.2) is 9.97 Å². The van der Waals surface area contributed by atoms with E-state index in [9.17, 15) is 0 Å². The predicted molar refractivity (Wildman–Crippen MR) is 84.3 cm³/mol. The highest BCUT2D eigenvalue weighted by atomic mass is 35.5. The van der Waals surface area contributed by atoms with Crippen molar-refractivity contribution in [2.24, 2.45) is 0 Å². The molecule has 1 aromatic rings. The second-order valence-electron chi connectivity index (χ2n) is 5.53. The maximum absolute atomic E-state index is 6.19. The Morgan fingerprint density at radius 3 is 2.63 bits per heavy atom. The SMILES string of the molecule is CSC1(CNc2ncnc(Cl)c2C(C)C)CCCC1. The lowest BCUT2D eigenvalue weighted by Gasteiger charge is -2.28. The minimum absolute atomic E-state index is 0.324. The van der Waals surface area contributed by atoms with Crippen LogP contribution >= 0.6 is 23.4 Å². The first-order chi connectivity index (χ1) is 9.08. The third-order valence-corrected chi connectivity index (χ3v) is 5.66. The fourth-order valence-electron chi connectivity index (χ4n) is 2.74. The van der Waals surface area contributed by atoms with Gasteiger partial charge in [-0.15, -0.1) is 0 Å². The van der Waals surface area contributed by atoms with Gasteiger partial charge in [-0.2, -0.15) is 11.8 Å². The Kier molecular flexibility index (Phi) is 4.96. The van der Waals surface area contributed by atoms with Crippen molar-refractivity contribution < 1.29 is 0 Å². The van der Waals surface area contributed by atoms with Crippen molar-refractivity contribution in [3.05, 3.63) is 17.0 Å². The standard InChI is InChI=1S/C14H22ClN3S/c1-10(2)11-12(15)17-9-18-13(11)16-8-14(19-3)6-4-5-7-14/h9-10H,4-8H2,1-3H3,(H,16,17,18). The summed E-state index contributed by atoms with van der Waals surface area (Å²) in [6, 6.07) is 0. The first-order valence-corrected chi connectivity index (χ1v) is 8.48. The number of nitrogens with one attached hydrogen (secondary N) is 1. The van der Waals surface area contributed by atoms with Crippen LogP contribution in [0.2, 0.25) is 5.15 Å². The maximum atomic E-state index is 6.19.